The first-order valence-corrected chi connectivity index (χ1v) is 9.96. The molecule has 0 bridgehead atoms. The second-order valence-corrected chi connectivity index (χ2v) is 8.74. The zero-order chi connectivity index (χ0) is 15.2. The van der Waals surface area contributed by atoms with Gasteiger partial charge in [-0.2, -0.15) is 0 Å². The van der Waals surface area contributed by atoms with Crippen LogP contribution in [-0.2, 0) is 9.84 Å². The van der Waals surface area contributed by atoms with Gasteiger partial charge >= 0.3 is 0 Å². The van der Waals surface area contributed by atoms with Crippen molar-refractivity contribution in [3.05, 3.63) is 0 Å². The Kier molecular flexibility index (Phi) is 6.95. The molecule has 1 unspecified atom stereocenters. The van der Waals surface area contributed by atoms with Crippen molar-refractivity contribution in [3.63, 3.8) is 0 Å². The number of rotatable bonds is 9. The van der Waals surface area contributed by atoms with E-state index in [1.165, 1.54) is 31.9 Å². The Balaban J connectivity index is 2.71. The smallest absolute Gasteiger partial charge is 0.147 e. The normalized spacial score (nSPS) is 20.4. The highest BCUT2D eigenvalue weighted by atomic mass is 32.2. The van der Waals surface area contributed by atoms with Crippen LogP contribution in [0.15, 0.2) is 0 Å². The summed E-state index contributed by atoms with van der Waals surface area (Å²) in [4.78, 5) is 2.37. The third kappa shape index (κ3) is 5.01. The van der Waals surface area contributed by atoms with Gasteiger partial charge in [0.1, 0.15) is 9.84 Å². The lowest BCUT2D eigenvalue weighted by Gasteiger charge is -2.44. The Hall–Kier alpha value is -0.130. The SMILES string of the molecule is CCCNC(CCCS(C)(=O)=O)C1(N(C)C)CCCC1. The molecular weight excluding hydrogens is 272 g/mol. The van der Waals surface area contributed by atoms with E-state index in [-0.39, 0.29) is 5.54 Å². The first-order valence-electron chi connectivity index (χ1n) is 7.90. The summed E-state index contributed by atoms with van der Waals surface area (Å²) in [7, 11) is 1.49. The van der Waals surface area contributed by atoms with E-state index in [0.717, 1.165) is 25.8 Å². The maximum atomic E-state index is 11.3. The largest absolute Gasteiger partial charge is 0.312 e. The van der Waals surface area contributed by atoms with Crippen LogP contribution in [0.2, 0.25) is 0 Å². The molecule has 0 spiro atoms. The molecule has 0 aromatic rings. The Morgan fingerprint density at radius 2 is 1.85 bits per heavy atom. The average molecular weight is 305 g/mol. The Bertz CT molecular complexity index is 373. The van der Waals surface area contributed by atoms with Gasteiger partial charge in [-0.25, -0.2) is 8.42 Å². The second kappa shape index (κ2) is 7.76. The monoisotopic (exact) mass is 304 g/mol. The van der Waals surface area contributed by atoms with Crippen LogP contribution in [0, 0.1) is 0 Å². The number of nitrogens with one attached hydrogen (secondary N) is 1. The molecule has 0 saturated heterocycles. The van der Waals surface area contributed by atoms with E-state index >= 15 is 0 Å². The van der Waals surface area contributed by atoms with Gasteiger partial charge in [0.15, 0.2) is 0 Å². The van der Waals surface area contributed by atoms with Crippen LogP contribution >= 0.6 is 0 Å². The molecule has 0 aromatic heterocycles. The topological polar surface area (TPSA) is 49.4 Å². The molecule has 1 fully saturated rings. The van der Waals surface area contributed by atoms with Crippen molar-refractivity contribution in [2.45, 2.75) is 63.5 Å². The lowest BCUT2D eigenvalue weighted by atomic mass is 9.84. The minimum absolute atomic E-state index is 0.215. The molecule has 1 rings (SSSR count). The first-order chi connectivity index (χ1) is 9.32. The fraction of sp³-hybridized carbons (Fsp3) is 1.00. The van der Waals surface area contributed by atoms with Gasteiger partial charge in [0, 0.05) is 23.6 Å². The van der Waals surface area contributed by atoms with Crippen molar-refractivity contribution in [1.29, 1.82) is 0 Å². The summed E-state index contributed by atoms with van der Waals surface area (Å²) in [6.45, 7) is 3.19. The third-order valence-electron chi connectivity index (χ3n) is 4.66. The van der Waals surface area contributed by atoms with Gasteiger partial charge in [-0.05, 0) is 52.7 Å². The summed E-state index contributed by atoms with van der Waals surface area (Å²) in [5, 5.41) is 3.68. The van der Waals surface area contributed by atoms with Crippen molar-refractivity contribution in [2.75, 3.05) is 32.6 Å². The molecule has 1 aliphatic carbocycles. The van der Waals surface area contributed by atoms with Gasteiger partial charge in [-0.15, -0.1) is 0 Å². The Labute approximate surface area is 125 Å². The van der Waals surface area contributed by atoms with Crippen molar-refractivity contribution < 1.29 is 8.42 Å². The summed E-state index contributed by atoms with van der Waals surface area (Å²) < 4.78 is 22.7. The minimum Gasteiger partial charge on any atom is -0.312 e. The van der Waals surface area contributed by atoms with E-state index in [9.17, 15) is 8.42 Å². The molecule has 0 radical (unpaired) electrons. The lowest BCUT2D eigenvalue weighted by Crippen LogP contribution is -2.57. The molecule has 0 aromatic carbocycles. The summed E-state index contributed by atoms with van der Waals surface area (Å²) in [6, 6.07) is 0.404. The van der Waals surface area contributed by atoms with E-state index in [1.54, 1.807) is 0 Å². The predicted molar refractivity (Wildman–Crippen MR) is 85.9 cm³/mol. The molecule has 4 nitrogen and oxygen atoms in total. The number of nitrogens with zero attached hydrogens (tertiary/aromatic N) is 1. The molecule has 1 aliphatic rings. The van der Waals surface area contributed by atoms with Crippen molar-refractivity contribution in [1.82, 2.24) is 10.2 Å². The quantitative estimate of drug-likeness (QED) is 0.708. The van der Waals surface area contributed by atoms with Crippen LogP contribution < -0.4 is 5.32 Å². The van der Waals surface area contributed by atoms with E-state index in [2.05, 4.69) is 31.2 Å². The van der Waals surface area contributed by atoms with Gasteiger partial charge in [0.05, 0.1) is 0 Å². The molecule has 20 heavy (non-hydrogen) atoms. The molecule has 0 heterocycles. The van der Waals surface area contributed by atoms with Crippen LogP contribution in [0.5, 0.6) is 0 Å². The van der Waals surface area contributed by atoms with E-state index in [0.29, 0.717) is 11.8 Å². The highest BCUT2D eigenvalue weighted by molar-refractivity contribution is 7.90. The second-order valence-electron chi connectivity index (χ2n) is 6.48. The van der Waals surface area contributed by atoms with Crippen molar-refractivity contribution in [3.8, 4) is 0 Å². The molecule has 120 valence electrons. The first kappa shape index (κ1) is 17.9. The van der Waals surface area contributed by atoms with E-state index in [4.69, 9.17) is 0 Å². The highest BCUT2D eigenvalue weighted by Gasteiger charge is 2.42. The Morgan fingerprint density at radius 3 is 2.30 bits per heavy atom. The Morgan fingerprint density at radius 1 is 1.25 bits per heavy atom. The molecule has 1 atom stereocenters. The van der Waals surface area contributed by atoms with Crippen LogP contribution in [0.3, 0.4) is 0 Å². The van der Waals surface area contributed by atoms with Gasteiger partial charge in [0.25, 0.3) is 0 Å². The molecule has 5 heteroatoms. The summed E-state index contributed by atoms with van der Waals surface area (Å²) in [6.07, 6.45) is 9.18. The van der Waals surface area contributed by atoms with Crippen LogP contribution in [0.25, 0.3) is 0 Å². The molecule has 0 aliphatic heterocycles. The van der Waals surface area contributed by atoms with Gasteiger partial charge in [-0.3, -0.25) is 0 Å². The standard InChI is InChI=1S/C15H32N2O2S/c1-5-12-16-14(9-8-13-20(4,18)19)15(17(2)3)10-6-7-11-15/h14,16H,5-13H2,1-4H3. The van der Waals surface area contributed by atoms with Crippen molar-refractivity contribution >= 4 is 9.84 Å². The van der Waals surface area contributed by atoms with Crippen LogP contribution in [-0.4, -0.2) is 57.5 Å². The van der Waals surface area contributed by atoms with Gasteiger partial charge < -0.3 is 10.2 Å². The minimum atomic E-state index is -2.85. The number of likely N-dealkylation sites (N-methyl/N-ethyl adjacent to an activating group) is 1. The van der Waals surface area contributed by atoms with Crippen LogP contribution in [0.4, 0.5) is 0 Å². The zero-order valence-electron chi connectivity index (χ0n) is 13.6. The lowest BCUT2D eigenvalue weighted by molar-refractivity contribution is 0.0995. The van der Waals surface area contributed by atoms with Crippen LogP contribution in [0.1, 0.15) is 51.9 Å². The number of hydrogen-bond acceptors (Lipinski definition) is 4. The predicted octanol–water partition coefficient (Wildman–Crippen LogP) is 2.05. The zero-order valence-corrected chi connectivity index (χ0v) is 14.4. The number of sulfone groups is 1. The average Bonchev–Trinajstić information content (AvgIpc) is 2.82. The van der Waals surface area contributed by atoms with Crippen molar-refractivity contribution in [2.24, 2.45) is 0 Å². The fourth-order valence-corrected chi connectivity index (χ4v) is 4.21. The highest BCUT2D eigenvalue weighted by Crippen LogP contribution is 2.38. The van der Waals surface area contributed by atoms with E-state index in [1.807, 2.05) is 0 Å². The molecule has 1 saturated carbocycles. The van der Waals surface area contributed by atoms with E-state index < -0.39 is 9.84 Å². The maximum absolute atomic E-state index is 11.3. The number of hydrogen-bond donors (Lipinski definition) is 1. The summed E-state index contributed by atoms with van der Waals surface area (Å²) in [5.41, 5.74) is 0.215. The maximum Gasteiger partial charge on any atom is 0.147 e. The summed E-state index contributed by atoms with van der Waals surface area (Å²) in [5.74, 6) is 0.306. The molecule has 0 amide bonds. The summed E-state index contributed by atoms with van der Waals surface area (Å²) >= 11 is 0. The van der Waals surface area contributed by atoms with Gasteiger partial charge in [-0.1, -0.05) is 19.8 Å². The molecule has 1 N–H and O–H groups in total. The fourth-order valence-electron chi connectivity index (χ4n) is 3.52. The molecular formula is C15H32N2O2S. The van der Waals surface area contributed by atoms with Gasteiger partial charge in [0.2, 0.25) is 0 Å². The third-order valence-corrected chi connectivity index (χ3v) is 5.69.